The summed E-state index contributed by atoms with van der Waals surface area (Å²) in [5.74, 6) is 0. The van der Waals surface area contributed by atoms with E-state index in [2.05, 4.69) is 5.16 Å². The molecule has 0 radical (unpaired) electrons. The van der Waals surface area contributed by atoms with E-state index in [-0.39, 0.29) is 6.61 Å². The Kier molecular flexibility index (Phi) is 3.25. The van der Waals surface area contributed by atoms with Gasteiger partial charge >= 0.3 is 6.09 Å². The Hall–Kier alpha value is -2.56. The number of ether oxygens (including phenoxy) is 1. The van der Waals surface area contributed by atoms with Gasteiger partial charge in [0, 0.05) is 11.8 Å². The van der Waals surface area contributed by atoms with Gasteiger partial charge in [0.25, 0.3) is 0 Å². The average Bonchev–Trinajstić information content (AvgIpc) is 2.89. The van der Waals surface area contributed by atoms with Crippen LogP contribution in [0.3, 0.4) is 0 Å². The third-order valence-corrected chi connectivity index (χ3v) is 3.24. The standard InChI is InChI=1S/C15H14N2O3/c1-11-9-20-16-14(11)10-19-15(18)17-7-6-12-4-2-3-5-13(12)8-17/h2-7,9H,8,10H2,1H3. The van der Waals surface area contributed by atoms with Crippen molar-refractivity contribution < 1.29 is 14.1 Å². The third kappa shape index (κ3) is 2.42. The summed E-state index contributed by atoms with van der Waals surface area (Å²) in [6.07, 6.45) is 4.78. The van der Waals surface area contributed by atoms with Gasteiger partial charge < -0.3 is 9.26 Å². The fourth-order valence-corrected chi connectivity index (χ4v) is 2.03. The van der Waals surface area contributed by atoms with E-state index >= 15 is 0 Å². The van der Waals surface area contributed by atoms with E-state index in [0.717, 1.165) is 16.7 Å². The van der Waals surface area contributed by atoms with E-state index in [1.807, 2.05) is 37.3 Å². The van der Waals surface area contributed by atoms with Crippen molar-refractivity contribution >= 4 is 12.2 Å². The van der Waals surface area contributed by atoms with Gasteiger partial charge in [-0.05, 0) is 24.1 Å². The maximum absolute atomic E-state index is 12.0. The van der Waals surface area contributed by atoms with Crippen molar-refractivity contribution in [2.24, 2.45) is 0 Å². The molecule has 1 aromatic heterocycles. The van der Waals surface area contributed by atoms with Crippen LogP contribution in [0.15, 0.2) is 41.3 Å². The number of amides is 1. The topological polar surface area (TPSA) is 55.6 Å². The zero-order valence-electron chi connectivity index (χ0n) is 11.1. The number of hydrogen-bond donors (Lipinski definition) is 0. The summed E-state index contributed by atoms with van der Waals surface area (Å²) in [6.45, 7) is 2.49. The lowest BCUT2D eigenvalue weighted by atomic mass is 10.1. The van der Waals surface area contributed by atoms with Gasteiger partial charge in [-0.3, -0.25) is 4.90 Å². The number of aromatic nitrogens is 1. The molecule has 0 saturated carbocycles. The molecule has 1 aliphatic rings. The smallest absolute Gasteiger partial charge is 0.414 e. The van der Waals surface area contributed by atoms with Gasteiger partial charge in [0.15, 0.2) is 0 Å². The number of rotatable bonds is 2. The van der Waals surface area contributed by atoms with Crippen molar-refractivity contribution in [1.82, 2.24) is 10.1 Å². The minimum Gasteiger partial charge on any atom is -0.442 e. The first kappa shape index (κ1) is 12.5. The number of aryl methyl sites for hydroxylation is 1. The van der Waals surface area contributed by atoms with E-state index in [0.29, 0.717) is 12.2 Å². The largest absolute Gasteiger partial charge is 0.442 e. The normalized spacial score (nSPS) is 13.2. The van der Waals surface area contributed by atoms with Crippen molar-refractivity contribution in [3.8, 4) is 0 Å². The molecule has 20 heavy (non-hydrogen) atoms. The zero-order valence-corrected chi connectivity index (χ0v) is 11.1. The van der Waals surface area contributed by atoms with Crippen LogP contribution in [0, 0.1) is 6.92 Å². The second-order valence-electron chi connectivity index (χ2n) is 4.64. The van der Waals surface area contributed by atoms with Gasteiger partial charge in [-0.15, -0.1) is 0 Å². The minimum atomic E-state index is -0.391. The van der Waals surface area contributed by atoms with E-state index in [4.69, 9.17) is 9.26 Å². The molecule has 2 heterocycles. The van der Waals surface area contributed by atoms with Gasteiger partial charge in [0.2, 0.25) is 0 Å². The molecule has 102 valence electrons. The molecular formula is C15H14N2O3. The van der Waals surface area contributed by atoms with Crippen LogP contribution in [0.2, 0.25) is 0 Å². The highest BCUT2D eigenvalue weighted by Gasteiger charge is 2.18. The monoisotopic (exact) mass is 270 g/mol. The van der Waals surface area contributed by atoms with Crippen LogP contribution in [-0.2, 0) is 17.9 Å². The molecule has 1 aromatic carbocycles. The molecule has 1 aliphatic heterocycles. The highest BCUT2D eigenvalue weighted by molar-refractivity contribution is 5.72. The second kappa shape index (κ2) is 5.21. The molecule has 0 saturated heterocycles. The van der Waals surface area contributed by atoms with Crippen molar-refractivity contribution in [3.63, 3.8) is 0 Å². The van der Waals surface area contributed by atoms with Gasteiger partial charge in [0.05, 0.1) is 6.54 Å². The van der Waals surface area contributed by atoms with Crippen LogP contribution in [0.25, 0.3) is 6.08 Å². The van der Waals surface area contributed by atoms with Gasteiger partial charge in [-0.1, -0.05) is 29.4 Å². The Morgan fingerprint density at radius 3 is 3.10 bits per heavy atom. The highest BCUT2D eigenvalue weighted by Crippen LogP contribution is 2.20. The first-order valence-corrected chi connectivity index (χ1v) is 6.33. The quantitative estimate of drug-likeness (QED) is 0.841. The summed E-state index contributed by atoms with van der Waals surface area (Å²) in [5.41, 5.74) is 3.74. The van der Waals surface area contributed by atoms with Crippen LogP contribution in [0.4, 0.5) is 4.79 Å². The van der Waals surface area contributed by atoms with Crippen LogP contribution in [0.1, 0.15) is 22.4 Å². The molecule has 2 aromatic rings. The maximum atomic E-state index is 12.0. The molecule has 1 amide bonds. The average molecular weight is 270 g/mol. The number of nitrogens with zero attached hydrogens (tertiary/aromatic N) is 2. The van der Waals surface area contributed by atoms with Crippen molar-refractivity contribution in [2.45, 2.75) is 20.1 Å². The number of fused-ring (bicyclic) bond motifs is 1. The number of benzene rings is 1. The van der Waals surface area contributed by atoms with Crippen molar-refractivity contribution in [1.29, 1.82) is 0 Å². The lowest BCUT2D eigenvalue weighted by molar-refractivity contribution is 0.106. The molecule has 0 bridgehead atoms. The zero-order chi connectivity index (χ0) is 13.9. The first-order chi connectivity index (χ1) is 9.74. The Bertz CT molecular complexity index is 661. The summed E-state index contributed by atoms with van der Waals surface area (Å²) in [5, 5.41) is 3.78. The Labute approximate surface area is 116 Å². The Morgan fingerprint density at radius 1 is 1.45 bits per heavy atom. The predicted molar refractivity (Wildman–Crippen MR) is 72.4 cm³/mol. The fourth-order valence-electron chi connectivity index (χ4n) is 2.03. The fraction of sp³-hybridized carbons (Fsp3) is 0.200. The second-order valence-corrected chi connectivity index (χ2v) is 4.64. The molecular weight excluding hydrogens is 256 g/mol. The SMILES string of the molecule is Cc1conc1COC(=O)N1C=Cc2ccccc2C1. The van der Waals surface area contributed by atoms with Crippen LogP contribution in [-0.4, -0.2) is 16.1 Å². The Balaban J connectivity index is 1.64. The maximum Gasteiger partial charge on any atom is 0.414 e. The van der Waals surface area contributed by atoms with Gasteiger partial charge in [0.1, 0.15) is 18.6 Å². The van der Waals surface area contributed by atoms with Crippen LogP contribution < -0.4 is 0 Å². The van der Waals surface area contributed by atoms with Crippen LogP contribution >= 0.6 is 0 Å². The molecule has 0 spiro atoms. The van der Waals surface area contributed by atoms with E-state index in [1.165, 1.54) is 11.2 Å². The molecule has 0 unspecified atom stereocenters. The number of carbonyl (C=O) groups excluding carboxylic acids is 1. The van der Waals surface area contributed by atoms with Crippen LogP contribution in [0.5, 0.6) is 0 Å². The minimum absolute atomic E-state index is 0.118. The van der Waals surface area contributed by atoms with Crippen molar-refractivity contribution in [3.05, 3.63) is 59.1 Å². The first-order valence-electron chi connectivity index (χ1n) is 6.33. The highest BCUT2D eigenvalue weighted by atomic mass is 16.6. The van der Waals surface area contributed by atoms with E-state index in [1.54, 1.807) is 6.20 Å². The lowest BCUT2D eigenvalue weighted by Crippen LogP contribution is -2.28. The third-order valence-electron chi connectivity index (χ3n) is 3.24. The predicted octanol–water partition coefficient (Wildman–Crippen LogP) is 3.11. The number of hydrogen-bond acceptors (Lipinski definition) is 4. The molecule has 0 aliphatic carbocycles. The summed E-state index contributed by atoms with van der Waals surface area (Å²) in [7, 11) is 0. The van der Waals surface area contributed by atoms with Gasteiger partial charge in [-0.2, -0.15) is 0 Å². The molecule has 0 N–H and O–H groups in total. The summed E-state index contributed by atoms with van der Waals surface area (Å²) >= 11 is 0. The van der Waals surface area contributed by atoms with E-state index < -0.39 is 6.09 Å². The van der Waals surface area contributed by atoms with Crippen molar-refractivity contribution in [2.75, 3.05) is 0 Å². The molecule has 0 atom stereocenters. The molecule has 3 rings (SSSR count). The molecule has 5 heteroatoms. The number of carbonyl (C=O) groups is 1. The molecule has 5 nitrogen and oxygen atoms in total. The van der Waals surface area contributed by atoms with Gasteiger partial charge in [-0.25, -0.2) is 4.79 Å². The lowest BCUT2D eigenvalue weighted by Gasteiger charge is -2.22. The summed E-state index contributed by atoms with van der Waals surface area (Å²) in [6, 6.07) is 7.96. The Morgan fingerprint density at radius 2 is 2.30 bits per heavy atom. The molecule has 0 fully saturated rings. The summed E-state index contributed by atoms with van der Waals surface area (Å²) < 4.78 is 10.0. The van der Waals surface area contributed by atoms with E-state index in [9.17, 15) is 4.79 Å². The summed E-state index contributed by atoms with van der Waals surface area (Å²) in [4.78, 5) is 13.5.